The molecule has 28 heavy (non-hydrogen) atoms. The number of aliphatic carboxylic acids is 1. The molecule has 0 radical (unpaired) electrons. The van der Waals surface area contributed by atoms with Gasteiger partial charge in [0.25, 0.3) is 5.91 Å². The van der Waals surface area contributed by atoms with Crippen LogP contribution >= 0.6 is 0 Å². The van der Waals surface area contributed by atoms with E-state index in [1.54, 1.807) is 36.4 Å². The van der Waals surface area contributed by atoms with Gasteiger partial charge in [0.15, 0.2) is 6.10 Å². The van der Waals surface area contributed by atoms with Gasteiger partial charge in [0, 0.05) is 12.4 Å². The molecule has 2 N–H and O–H groups in total. The van der Waals surface area contributed by atoms with Gasteiger partial charge in [-0.3, -0.25) is 4.79 Å². The molecule has 3 rings (SSSR count). The summed E-state index contributed by atoms with van der Waals surface area (Å²) in [5, 5.41) is 12.8. The fourth-order valence-corrected chi connectivity index (χ4v) is 2.50. The molecule has 1 atom stereocenters. The predicted molar refractivity (Wildman–Crippen MR) is 105 cm³/mol. The molecule has 0 aliphatic rings. The smallest absolute Gasteiger partial charge is 0.344 e. The average molecular weight is 377 g/mol. The first-order chi connectivity index (χ1) is 13.5. The Hall–Kier alpha value is -3.87. The van der Waals surface area contributed by atoms with Crippen LogP contribution < -0.4 is 10.2 Å². The van der Waals surface area contributed by atoms with Crippen molar-refractivity contribution in [3.05, 3.63) is 84.2 Å². The van der Waals surface area contributed by atoms with Crippen LogP contribution in [-0.2, 0) is 4.79 Å². The number of benzene rings is 2. The van der Waals surface area contributed by atoms with Gasteiger partial charge in [-0.05, 0) is 61.0 Å². The van der Waals surface area contributed by atoms with Crippen molar-refractivity contribution >= 4 is 18.1 Å². The second kappa shape index (κ2) is 8.68. The van der Waals surface area contributed by atoms with Gasteiger partial charge < -0.3 is 14.4 Å². The fraction of sp³-hybridized carbons (Fsp3) is 0.0952. The van der Waals surface area contributed by atoms with Crippen molar-refractivity contribution in [3.8, 4) is 11.4 Å². The van der Waals surface area contributed by atoms with Gasteiger partial charge in [0.1, 0.15) is 5.75 Å². The number of nitrogens with zero attached hydrogens (tertiary/aromatic N) is 2. The maximum Gasteiger partial charge on any atom is 0.344 e. The Labute approximate surface area is 161 Å². The number of para-hydroxylation sites is 1. The Morgan fingerprint density at radius 1 is 1.07 bits per heavy atom. The highest BCUT2D eigenvalue weighted by Gasteiger charge is 2.12. The monoisotopic (exact) mass is 377 g/mol. The number of carbonyl (C=O) groups excluding carboxylic acids is 1. The number of nitrogens with one attached hydrogen (secondary N) is 1. The Morgan fingerprint density at radius 2 is 1.75 bits per heavy atom. The van der Waals surface area contributed by atoms with E-state index in [1.807, 2.05) is 41.2 Å². The second-order valence-corrected chi connectivity index (χ2v) is 5.97. The van der Waals surface area contributed by atoms with E-state index in [1.165, 1.54) is 13.1 Å². The van der Waals surface area contributed by atoms with Crippen molar-refractivity contribution < 1.29 is 19.4 Å². The van der Waals surface area contributed by atoms with Crippen LogP contribution in [0.15, 0.2) is 78.2 Å². The zero-order chi connectivity index (χ0) is 19.9. The second-order valence-electron chi connectivity index (χ2n) is 5.97. The normalized spacial score (nSPS) is 11.9. The van der Waals surface area contributed by atoms with E-state index in [0.29, 0.717) is 11.3 Å². The van der Waals surface area contributed by atoms with E-state index in [2.05, 4.69) is 10.5 Å². The van der Waals surface area contributed by atoms with Gasteiger partial charge >= 0.3 is 5.97 Å². The van der Waals surface area contributed by atoms with Crippen molar-refractivity contribution in [2.45, 2.75) is 13.0 Å². The first kappa shape index (κ1) is 18.9. The highest BCUT2D eigenvalue weighted by molar-refractivity contribution is 5.98. The number of amides is 1. The molecule has 1 amide bonds. The Kier molecular flexibility index (Phi) is 5.86. The third-order valence-corrected chi connectivity index (χ3v) is 3.95. The number of hydrazone groups is 1. The summed E-state index contributed by atoms with van der Waals surface area (Å²) < 4.78 is 7.12. The molecule has 142 valence electrons. The summed E-state index contributed by atoms with van der Waals surface area (Å²) >= 11 is 0. The summed E-state index contributed by atoms with van der Waals surface area (Å²) in [5.41, 5.74) is 4.51. The number of carboxylic acids is 1. The molecule has 1 aromatic heterocycles. The van der Waals surface area contributed by atoms with E-state index in [4.69, 9.17) is 9.84 Å². The summed E-state index contributed by atoms with van der Waals surface area (Å²) in [5.74, 6) is -0.916. The Bertz CT molecular complexity index is 979. The van der Waals surface area contributed by atoms with E-state index < -0.39 is 12.1 Å². The molecule has 7 heteroatoms. The number of hydrogen-bond donors (Lipinski definition) is 2. The SMILES string of the molecule is CC(Oc1ccc(C=NNC(=O)c2ccccc2-n2cccc2)cc1)C(=O)O. The molecule has 2 aromatic carbocycles. The van der Waals surface area contributed by atoms with Crippen molar-refractivity contribution in [2.75, 3.05) is 0 Å². The Morgan fingerprint density at radius 3 is 2.43 bits per heavy atom. The number of aromatic nitrogens is 1. The van der Waals surface area contributed by atoms with E-state index in [9.17, 15) is 9.59 Å². The van der Waals surface area contributed by atoms with Crippen LogP contribution in [0.2, 0.25) is 0 Å². The van der Waals surface area contributed by atoms with Crippen LogP contribution in [0.4, 0.5) is 0 Å². The van der Waals surface area contributed by atoms with Gasteiger partial charge in [0.05, 0.1) is 17.5 Å². The van der Waals surface area contributed by atoms with Crippen molar-refractivity contribution in [2.24, 2.45) is 5.10 Å². The van der Waals surface area contributed by atoms with Crippen LogP contribution in [0.3, 0.4) is 0 Å². The molecule has 0 spiro atoms. The third-order valence-electron chi connectivity index (χ3n) is 3.95. The lowest BCUT2D eigenvalue weighted by Gasteiger charge is -2.10. The van der Waals surface area contributed by atoms with E-state index in [-0.39, 0.29) is 5.91 Å². The van der Waals surface area contributed by atoms with Gasteiger partial charge in [-0.15, -0.1) is 0 Å². The fourth-order valence-electron chi connectivity index (χ4n) is 2.50. The molecule has 3 aromatic rings. The standard InChI is InChI=1S/C21H19N3O4/c1-15(21(26)27)28-17-10-8-16(9-11-17)14-22-23-20(25)18-6-2-3-7-19(18)24-12-4-5-13-24/h2-15H,1H3,(H,23,25)(H,26,27). The van der Waals surface area contributed by atoms with Gasteiger partial charge in [-0.2, -0.15) is 5.10 Å². The lowest BCUT2D eigenvalue weighted by Crippen LogP contribution is -2.22. The van der Waals surface area contributed by atoms with Crippen LogP contribution in [0, 0.1) is 0 Å². The topological polar surface area (TPSA) is 92.9 Å². The minimum atomic E-state index is -1.03. The summed E-state index contributed by atoms with van der Waals surface area (Å²) in [6.45, 7) is 1.46. The minimum absolute atomic E-state index is 0.323. The average Bonchev–Trinajstić information content (AvgIpc) is 3.24. The maximum absolute atomic E-state index is 12.5. The molecule has 0 saturated heterocycles. The lowest BCUT2D eigenvalue weighted by molar-refractivity contribution is -0.144. The zero-order valence-corrected chi connectivity index (χ0v) is 15.1. The molecule has 7 nitrogen and oxygen atoms in total. The first-order valence-electron chi connectivity index (χ1n) is 8.60. The first-order valence-corrected chi connectivity index (χ1v) is 8.60. The molecule has 0 saturated carbocycles. The van der Waals surface area contributed by atoms with Crippen molar-refractivity contribution in [1.82, 2.24) is 9.99 Å². The number of hydrogen-bond acceptors (Lipinski definition) is 4. The summed E-state index contributed by atoms with van der Waals surface area (Å²) in [6, 6.07) is 17.7. The molecule has 1 heterocycles. The highest BCUT2D eigenvalue weighted by Crippen LogP contribution is 2.15. The van der Waals surface area contributed by atoms with E-state index in [0.717, 1.165) is 11.3 Å². The lowest BCUT2D eigenvalue weighted by atomic mass is 10.1. The summed E-state index contributed by atoms with van der Waals surface area (Å²) in [6.07, 6.45) is 4.30. The van der Waals surface area contributed by atoms with Crippen molar-refractivity contribution in [3.63, 3.8) is 0 Å². The summed E-state index contributed by atoms with van der Waals surface area (Å²) in [7, 11) is 0. The highest BCUT2D eigenvalue weighted by atomic mass is 16.5. The molecular weight excluding hydrogens is 358 g/mol. The number of ether oxygens (including phenoxy) is 1. The molecule has 0 aliphatic carbocycles. The van der Waals surface area contributed by atoms with Crippen molar-refractivity contribution in [1.29, 1.82) is 0 Å². The molecule has 0 aliphatic heterocycles. The number of carbonyl (C=O) groups is 2. The van der Waals surface area contributed by atoms with Crippen LogP contribution in [0.25, 0.3) is 5.69 Å². The van der Waals surface area contributed by atoms with Crippen LogP contribution in [-0.4, -0.2) is 33.9 Å². The zero-order valence-electron chi connectivity index (χ0n) is 15.1. The molecule has 0 fully saturated rings. The van der Waals surface area contributed by atoms with Crippen LogP contribution in [0.5, 0.6) is 5.75 Å². The minimum Gasteiger partial charge on any atom is -0.479 e. The van der Waals surface area contributed by atoms with Gasteiger partial charge in [-0.25, -0.2) is 10.2 Å². The third kappa shape index (κ3) is 4.64. The van der Waals surface area contributed by atoms with E-state index >= 15 is 0 Å². The predicted octanol–water partition coefficient (Wildman–Crippen LogP) is 3.09. The van der Waals surface area contributed by atoms with Gasteiger partial charge in [0.2, 0.25) is 0 Å². The van der Waals surface area contributed by atoms with Gasteiger partial charge in [-0.1, -0.05) is 12.1 Å². The molecule has 0 bridgehead atoms. The summed E-state index contributed by atoms with van der Waals surface area (Å²) in [4.78, 5) is 23.3. The number of carboxylic acid groups (broad SMARTS) is 1. The quantitative estimate of drug-likeness (QED) is 0.489. The molecule has 1 unspecified atom stereocenters. The number of rotatable bonds is 7. The Balaban J connectivity index is 1.64. The van der Waals surface area contributed by atoms with Crippen LogP contribution in [0.1, 0.15) is 22.8 Å². The maximum atomic E-state index is 12.5. The molecular formula is C21H19N3O4. The largest absolute Gasteiger partial charge is 0.479 e.